The van der Waals surface area contributed by atoms with Crippen LogP contribution in [-0.4, -0.2) is 44.0 Å². The van der Waals surface area contributed by atoms with Gasteiger partial charge in [0.05, 0.1) is 6.04 Å². The van der Waals surface area contributed by atoms with Gasteiger partial charge in [-0.3, -0.25) is 9.69 Å². The number of nitrogens with one attached hydrogen (secondary N) is 1. The van der Waals surface area contributed by atoms with E-state index in [1.807, 2.05) is 31.2 Å². The third kappa shape index (κ3) is 4.48. The molecule has 0 bridgehead atoms. The van der Waals surface area contributed by atoms with E-state index in [0.29, 0.717) is 6.54 Å². The molecule has 1 atom stereocenters. The molecule has 1 fully saturated rings. The van der Waals surface area contributed by atoms with Gasteiger partial charge in [-0.15, -0.1) is 0 Å². The van der Waals surface area contributed by atoms with Crippen molar-refractivity contribution in [2.75, 3.05) is 38.1 Å². The lowest BCUT2D eigenvalue weighted by atomic mass is 9.95. The van der Waals surface area contributed by atoms with E-state index in [9.17, 15) is 4.79 Å². The van der Waals surface area contributed by atoms with Crippen molar-refractivity contribution >= 4 is 11.6 Å². The van der Waals surface area contributed by atoms with Crippen LogP contribution in [-0.2, 0) is 6.42 Å². The summed E-state index contributed by atoms with van der Waals surface area (Å²) in [6.07, 6.45) is 6.17. The summed E-state index contributed by atoms with van der Waals surface area (Å²) in [4.78, 5) is 17.7. The normalized spacial score (nSPS) is 18.2. The first kappa shape index (κ1) is 20.0. The van der Waals surface area contributed by atoms with Gasteiger partial charge in [0.25, 0.3) is 5.91 Å². The molecule has 0 aliphatic carbocycles. The zero-order valence-electron chi connectivity index (χ0n) is 17.8. The lowest BCUT2D eigenvalue weighted by Gasteiger charge is -2.36. The molecule has 4 nitrogen and oxygen atoms in total. The highest BCUT2D eigenvalue weighted by Crippen LogP contribution is 2.31. The number of hydrogen-bond acceptors (Lipinski definition) is 3. The second-order valence-corrected chi connectivity index (χ2v) is 8.55. The van der Waals surface area contributed by atoms with Crippen molar-refractivity contribution in [1.29, 1.82) is 0 Å². The summed E-state index contributed by atoms with van der Waals surface area (Å²) in [5.74, 6) is 0.0304. The monoisotopic (exact) mass is 391 g/mol. The van der Waals surface area contributed by atoms with E-state index in [1.54, 1.807) is 0 Å². The van der Waals surface area contributed by atoms with Gasteiger partial charge in [0.15, 0.2) is 0 Å². The van der Waals surface area contributed by atoms with Crippen molar-refractivity contribution in [1.82, 2.24) is 10.2 Å². The van der Waals surface area contributed by atoms with Crippen LogP contribution in [0.4, 0.5) is 5.69 Å². The number of amides is 1. The summed E-state index contributed by atoms with van der Waals surface area (Å²) >= 11 is 0. The van der Waals surface area contributed by atoms with Crippen molar-refractivity contribution in [3.8, 4) is 0 Å². The van der Waals surface area contributed by atoms with E-state index < -0.39 is 0 Å². The minimum absolute atomic E-state index is 0.0304. The van der Waals surface area contributed by atoms with Crippen LogP contribution < -0.4 is 10.2 Å². The average Bonchev–Trinajstić information content (AvgIpc) is 2.75. The van der Waals surface area contributed by atoms with Gasteiger partial charge in [-0.2, -0.15) is 0 Å². The van der Waals surface area contributed by atoms with E-state index in [4.69, 9.17) is 0 Å². The first-order chi connectivity index (χ1) is 14.1. The van der Waals surface area contributed by atoms with E-state index in [-0.39, 0.29) is 11.9 Å². The molecule has 29 heavy (non-hydrogen) atoms. The van der Waals surface area contributed by atoms with Crippen LogP contribution in [0.5, 0.6) is 0 Å². The summed E-state index contributed by atoms with van der Waals surface area (Å²) < 4.78 is 0. The van der Waals surface area contributed by atoms with Gasteiger partial charge in [0, 0.05) is 31.4 Å². The molecule has 1 saturated heterocycles. The van der Waals surface area contributed by atoms with Crippen molar-refractivity contribution < 1.29 is 4.79 Å². The van der Waals surface area contributed by atoms with Gasteiger partial charge in [-0.1, -0.05) is 36.8 Å². The number of fused-ring (bicyclic) bond motifs is 1. The molecule has 2 heterocycles. The number of carbonyl (C=O) groups excluding carboxylic acids is 1. The molecule has 0 radical (unpaired) electrons. The topological polar surface area (TPSA) is 35.6 Å². The molecule has 0 unspecified atom stereocenters. The zero-order chi connectivity index (χ0) is 20.2. The number of rotatable bonds is 5. The number of carbonyl (C=O) groups is 1. The number of hydrogen-bond donors (Lipinski definition) is 1. The second kappa shape index (κ2) is 9.00. The molecule has 1 N–H and O–H groups in total. The van der Waals surface area contributed by atoms with Gasteiger partial charge in [0.1, 0.15) is 0 Å². The fraction of sp³-hybridized carbons (Fsp3) is 0.480. The largest absolute Gasteiger partial charge is 0.374 e. The van der Waals surface area contributed by atoms with Crippen LogP contribution in [0.2, 0.25) is 0 Å². The van der Waals surface area contributed by atoms with E-state index in [0.717, 1.165) is 37.2 Å². The van der Waals surface area contributed by atoms with E-state index in [1.165, 1.54) is 42.5 Å². The highest BCUT2D eigenvalue weighted by Gasteiger charge is 2.25. The third-order valence-electron chi connectivity index (χ3n) is 6.52. The Kier molecular flexibility index (Phi) is 6.19. The summed E-state index contributed by atoms with van der Waals surface area (Å²) in [5, 5.41) is 3.23. The van der Waals surface area contributed by atoms with Crippen LogP contribution in [0, 0.1) is 6.92 Å². The lowest BCUT2D eigenvalue weighted by molar-refractivity contribution is 0.0924. The average molecular weight is 392 g/mol. The number of piperidine rings is 1. The van der Waals surface area contributed by atoms with Gasteiger partial charge in [-0.05, 0) is 74.5 Å². The quantitative estimate of drug-likeness (QED) is 0.824. The Hall–Kier alpha value is -2.33. The second-order valence-electron chi connectivity index (χ2n) is 8.55. The van der Waals surface area contributed by atoms with Crippen molar-refractivity contribution in [3.05, 3.63) is 64.7 Å². The first-order valence-corrected chi connectivity index (χ1v) is 11.1. The highest BCUT2D eigenvalue weighted by atomic mass is 16.1. The highest BCUT2D eigenvalue weighted by molar-refractivity contribution is 5.95. The molecular formula is C25H33N3O. The molecule has 4 heteroatoms. The van der Waals surface area contributed by atoms with Crippen molar-refractivity contribution in [2.24, 2.45) is 0 Å². The zero-order valence-corrected chi connectivity index (χ0v) is 17.8. The van der Waals surface area contributed by atoms with Crippen molar-refractivity contribution in [3.63, 3.8) is 0 Å². The molecule has 0 aromatic heterocycles. The molecule has 2 aliphatic rings. The Morgan fingerprint density at radius 3 is 2.62 bits per heavy atom. The Bertz CT molecular complexity index is 857. The Balaban J connectivity index is 1.55. The standard InChI is InChI=1S/C25H33N3O/c1-19-9-4-5-11-22(19)25(29)26-18-24(28-15-6-3-7-16-28)21-12-13-23-20(17-21)10-8-14-27(23)2/h4-5,9,11-13,17,24H,3,6-8,10,14-16,18H2,1-2H3,(H,26,29)/t24-/m1/s1. The SMILES string of the molecule is Cc1ccccc1C(=O)NC[C@H](c1ccc2c(c1)CCCN2C)N1CCCCC1. The van der Waals surface area contributed by atoms with Crippen LogP contribution in [0.15, 0.2) is 42.5 Å². The fourth-order valence-electron chi connectivity index (χ4n) is 4.81. The van der Waals surface area contributed by atoms with Crippen LogP contribution >= 0.6 is 0 Å². The number of likely N-dealkylation sites (tertiary alicyclic amines) is 1. The Morgan fingerprint density at radius 1 is 1.03 bits per heavy atom. The number of nitrogens with zero attached hydrogens (tertiary/aromatic N) is 2. The van der Waals surface area contributed by atoms with Crippen LogP contribution in [0.3, 0.4) is 0 Å². The molecule has 2 aromatic rings. The summed E-state index contributed by atoms with van der Waals surface area (Å²) in [7, 11) is 2.18. The number of anilines is 1. The maximum atomic E-state index is 12.8. The first-order valence-electron chi connectivity index (χ1n) is 11.1. The van der Waals surface area contributed by atoms with Crippen LogP contribution in [0.1, 0.15) is 58.8 Å². The summed E-state index contributed by atoms with van der Waals surface area (Å²) in [5.41, 5.74) is 5.95. The Morgan fingerprint density at radius 2 is 1.83 bits per heavy atom. The molecule has 2 aliphatic heterocycles. The van der Waals surface area contributed by atoms with E-state index in [2.05, 4.69) is 40.4 Å². The Labute approximate surface area is 174 Å². The predicted molar refractivity (Wildman–Crippen MR) is 120 cm³/mol. The van der Waals surface area contributed by atoms with Crippen LogP contribution in [0.25, 0.3) is 0 Å². The molecule has 2 aromatic carbocycles. The maximum Gasteiger partial charge on any atom is 0.251 e. The minimum atomic E-state index is 0.0304. The fourth-order valence-corrected chi connectivity index (χ4v) is 4.81. The number of aryl methyl sites for hydroxylation is 2. The molecule has 4 rings (SSSR count). The third-order valence-corrected chi connectivity index (χ3v) is 6.52. The molecule has 0 saturated carbocycles. The molecule has 1 amide bonds. The summed E-state index contributed by atoms with van der Waals surface area (Å²) in [6.45, 7) is 6.01. The van der Waals surface area contributed by atoms with Gasteiger partial charge in [-0.25, -0.2) is 0 Å². The molecule has 154 valence electrons. The van der Waals surface area contributed by atoms with Gasteiger partial charge < -0.3 is 10.2 Å². The minimum Gasteiger partial charge on any atom is -0.374 e. The van der Waals surface area contributed by atoms with Gasteiger partial charge in [0.2, 0.25) is 0 Å². The molecule has 0 spiro atoms. The number of benzene rings is 2. The lowest BCUT2D eigenvalue weighted by Crippen LogP contribution is -2.41. The molecular weight excluding hydrogens is 358 g/mol. The van der Waals surface area contributed by atoms with Crippen molar-refractivity contribution in [2.45, 2.75) is 45.1 Å². The van der Waals surface area contributed by atoms with E-state index >= 15 is 0 Å². The van der Waals surface area contributed by atoms with Gasteiger partial charge >= 0.3 is 0 Å². The maximum absolute atomic E-state index is 12.8. The smallest absolute Gasteiger partial charge is 0.251 e. The predicted octanol–water partition coefficient (Wildman–Crippen LogP) is 4.33. The summed E-state index contributed by atoms with van der Waals surface area (Å²) in [6, 6.07) is 15.0.